The Bertz CT molecular complexity index is 1210. The molecule has 0 unspecified atom stereocenters. The summed E-state index contributed by atoms with van der Waals surface area (Å²) in [6.07, 6.45) is 5.19. The number of thioether (sulfide) groups is 1. The van der Waals surface area contributed by atoms with Gasteiger partial charge in [0.25, 0.3) is 5.91 Å². The summed E-state index contributed by atoms with van der Waals surface area (Å²) in [7, 11) is 0. The maximum Gasteiger partial charge on any atom is 0.253 e. The molecule has 0 radical (unpaired) electrons. The number of rotatable bonds is 8. The lowest BCUT2D eigenvalue weighted by molar-refractivity contribution is -0.128. The second kappa shape index (κ2) is 12.3. The van der Waals surface area contributed by atoms with Gasteiger partial charge in [0.2, 0.25) is 5.91 Å². The second-order valence-electron chi connectivity index (χ2n) is 9.51. The fourth-order valence-corrected chi connectivity index (χ4v) is 6.09. The molecule has 190 valence electrons. The Hall–Kier alpha value is -3.35. The monoisotopic (exact) mass is 511 g/mol. The fraction of sp³-hybridized carbons (Fsp3) is 0.290. The van der Waals surface area contributed by atoms with Gasteiger partial charge in [0, 0.05) is 44.8 Å². The molecule has 3 aromatic carbocycles. The first-order chi connectivity index (χ1) is 18.2. The van der Waals surface area contributed by atoms with Crippen molar-refractivity contribution in [1.29, 1.82) is 0 Å². The predicted molar refractivity (Wildman–Crippen MR) is 151 cm³/mol. The Morgan fingerprint density at radius 1 is 0.865 bits per heavy atom. The van der Waals surface area contributed by atoms with Crippen LogP contribution in [0.3, 0.4) is 0 Å². The largest absolute Gasteiger partial charge is 0.336 e. The van der Waals surface area contributed by atoms with Crippen molar-refractivity contribution in [1.82, 2.24) is 14.7 Å². The standard InChI is InChI=1S/C31H33N3O2S/c35-29-24-37-31(34(29)19-17-26-10-5-2-6-11-26)28-15-13-27(14-16-28)30(36)33-22-20-32(21-23-33)18-7-12-25-8-3-1-4-9-25/h1-16,31H,17-24H2/b12-7+/t31-/m1/s1. The maximum absolute atomic E-state index is 13.1. The van der Waals surface area contributed by atoms with Crippen molar-refractivity contribution in [3.8, 4) is 0 Å². The van der Waals surface area contributed by atoms with E-state index >= 15 is 0 Å². The first kappa shape index (κ1) is 25.3. The molecular weight excluding hydrogens is 478 g/mol. The van der Waals surface area contributed by atoms with Crippen LogP contribution < -0.4 is 0 Å². The third-order valence-corrected chi connectivity index (χ3v) is 8.28. The average Bonchev–Trinajstić information content (AvgIpc) is 3.33. The van der Waals surface area contributed by atoms with Crippen molar-refractivity contribution in [2.45, 2.75) is 11.8 Å². The highest BCUT2D eigenvalue weighted by atomic mass is 32.2. The van der Waals surface area contributed by atoms with Crippen LogP contribution in [-0.4, -0.2) is 71.5 Å². The molecule has 5 nitrogen and oxygen atoms in total. The van der Waals surface area contributed by atoms with E-state index in [0.717, 1.165) is 44.7 Å². The summed E-state index contributed by atoms with van der Waals surface area (Å²) >= 11 is 1.66. The van der Waals surface area contributed by atoms with Crippen LogP contribution >= 0.6 is 11.8 Å². The molecule has 2 aliphatic heterocycles. The lowest BCUT2D eigenvalue weighted by Gasteiger charge is -2.34. The Labute approximate surface area is 223 Å². The fourth-order valence-electron chi connectivity index (χ4n) is 4.87. The van der Waals surface area contributed by atoms with E-state index in [-0.39, 0.29) is 17.2 Å². The molecule has 0 bridgehead atoms. The van der Waals surface area contributed by atoms with Crippen molar-refractivity contribution in [3.05, 3.63) is 113 Å². The molecule has 0 aliphatic carbocycles. The summed E-state index contributed by atoms with van der Waals surface area (Å²) in [6, 6.07) is 28.5. The molecule has 1 atom stereocenters. The zero-order valence-corrected chi connectivity index (χ0v) is 21.9. The van der Waals surface area contributed by atoms with Crippen LogP contribution in [-0.2, 0) is 11.2 Å². The highest BCUT2D eigenvalue weighted by Gasteiger charge is 2.32. The van der Waals surface area contributed by atoms with E-state index in [1.165, 1.54) is 11.1 Å². The number of benzene rings is 3. The van der Waals surface area contributed by atoms with E-state index in [4.69, 9.17) is 0 Å². The van der Waals surface area contributed by atoms with Crippen molar-refractivity contribution >= 4 is 29.7 Å². The number of carbonyl (C=O) groups excluding carboxylic acids is 2. The third kappa shape index (κ3) is 6.51. The lowest BCUT2D eigenvalue weighted by Crippen LogP contribution is -2.48. The van der Waals surface area contributed by atoms with E-state index in [9.17, 15) is 9.59 Å². The maximum atomic E-state index is 13.1. The Kier molecular flexibility index (Phi) is 8.39. The van der Waals surface area contributed by atoms with Crippen LogP contribution in [0.4, 0.5) is 0 Å². The van der Waals surface area contributed by atoms with Crippen molar-refractivity contribution in [2.75, 3.05) is 45.0 Å². The van der Waals surface area contributed by atoms with Crippen LogP contribution in [0.5, 0.6) is 0 Å². The van der Waals surface area contributed by atoms with E-state index in [1.54, 1.807) is 11.8 Å². The number of nitrogens with zero attached hydrogens (tertiary/aromatic N) is 3. The molecule has 0 N–H and O–H groups in total. The smallest absolute Gasteiger partial charge is 0.253 e. The minimum atomic E-state index is 0.00727. The molecule has 5 rings (SSSR count). The van der Waals surface area contributed by atoms with Crippen molar-refractivity contribution in [2.24, 2.45) is 0 Å². The molecule has 6 heteroatoms. The number of hydrogen-bond donors (Lipinski definition) is 0. The molecule has 2 fully saturated rings. The zero-order chi connectivity index (χ0) is 25.5. The molecule has 2 heterocycles. The summed E-state index contributed by atoms with van der Waals surface area (Å²) in [4.78, 5) is 32.0. The molecule has 3 aromatic rings. The van der Waals surface area contributed by atoms with E-state index < -0.39 is 0 Å². The van der Waals surface area contributed by atoms with Gasteiger partial charge in [0.05, 0.1) is 5.75 Å². The molecule has 0 aromatic heterocycles. The minimum Gasteiger partial charge on any atom is -0.336 e. The molecule has 2 saturated heterocycles. The number of hydrogen-bond acceptors (Lipinski definition) is 4. The summed E-state index contributed by atoms with van der Waals surface area (Å²) < 4.78 is 0. The van der Waals surface area contributed by atoms with Crippen molar-refractivity contribution < 1.29 is 9.59 Å². The quantitative estimate of drug-likeness (QED) is 0.428. The normalized spacial score (nSPS) is 18.6. The molecule has 2 aliphatic rings. The van der Waals surface area contributed by atoms with Crippen LogP contribution in [0.2, 0.25) is 0 Å². The lowest BCUT2D eigenvalue weighted by atomic mass is 10.1. The van der Waals surface area contributed by atoms with Crippen LogP contribution in [0.25, 0.3) is 6.08 Å². The summed E-state index contributed by atoms with van der Waals surface area (Å²) in [5.74, 6) is 0.773. The van der Waals surface area contributed by atoms with Gasteiger partial charge in [-0.1, -0.05) is 84.9 Å². The number of amides is 2. The highest BCUT2D eigenvalue weighted by Crippen LogP contribution is 2.38. The Morgan fingerprint density at radius 2 is 1.54 bits per heavy atom. The van der Waals surface area contributed by atoms with Crippen LogP contribution in [0.1, 0.15) is 32.4 Å². The highest BCUT2D eigenvalue weighted by molar-refractivity contribution is 8.00. The first-order valence-electron chi connectivity index (χ1n) is 13.0. The third-order valence-electron chi connectivity index (χ3n) is 7.03. The molecule has 37 heavy (non-hydrogen) atoms. The minimum absolute atomic E-state index is 0.00727. The topological polar surface area (TPSA) is 43.9 Å². The molecular formula is C31H33N3O2S. The van der Waals surface area contributed by atoms with Gasteiger partial charge in [-0.2, -0.15) is 0 Å². The zero-order valence-electron chi connectivity index (χ0n) is 21.0. The summed E-state index contributed by atoms with van der Waals surface area (Å²) in [6.45, 7) is 4.82. The van der Waals surface area contributed by atoms with E-state index in [1.807, 2.05) is 70.5 Å². The van der Waals surface area contributed by atoms with E-state index in [2.05, 4.69) is 41.3 Å². The van der Waals surface area contributed by atoms with Crippen LogP contribution in [0, 0.1) is 0 Å². The van der Waals surface area contributed by atoms with Gasteiger partial charge in [-0.3, -0.25) is 14.5 Å². The second-order valence-corrected chi connectivity index (χ2v) is 10.6. The van der Waals surface area contributed by atoms with Gasteiger partial charge in [0.1, 0.15) is 5.37 Å². The van der Waals surface area contributed by atoms with Crippen LogP contribution in [0.15, 0.2) is 91.0 Å². The van der Waals surface area contributed by atoms with Gasteiger partial charge in [-0.05, 0) is 35.2 Å². The Balaban J connectivity index is 1.13. The molecule has 0 saturated carbocycles. The summed E-state index contributed by atoms with van der Waals surface area (Å²) in [5, 5.41) is 0.00727. The van der Waals surface area contributed by atoms with Gasteiger partial charge >= 0.3 is 0 Å². The predicted octanol–water partition coefficient (Wildman–Crippen LogP) is 4.97. The Morgan fingerprint density at radius 3 is 2.24 bits per heavy atom. The summed E-state index contributed by atoms with van der Waals surface area (Å²) in [5.41, 5.74) is 4.24. The number of carbonyl (C=O) groups is 2. The van der Waals surface area contributed by atoms with Gasteiger partial charge < -0.3 is 9.80 Å². The van der Waals surface area contributed by atoms with Gasteiger partial charge in [-0.25, -0.2) is 0 Å². The van der Waals surface area contributed by atoms with Gasteiger partial charge in [0.15, 0.2) is 0 Å². The number of piperazine rings is 1. The SMILES string of the molecule is O=C(c1ccc([C@H]2SCC(=O)N2CCc2ccccc2)cc1)N1CCN(C/C=C/c2ccccc2)CC1. The van der Waals surface area contributed by atoms with E-state index in [0.29, 0.717) is 17.9 Å². The first-order valence-corrected chi connectivity index (χ1v) is 14.0. The van der Waals surface area contributed by atoms with Crippen molar-refractivity contribution in [3.63, 3.8) is 0 Å². The molecule has 0 spiro atoms. The van der Waals surface area contributed by atoms with Gasteiger partial charge in [-0.15, -0.1) is 11.8 Å². The molecule has 2 amide bonds. The average molecular weight is 512 g/mol.